The van der Waals surface area contributed by atoms with Crippen molar-refractivity contribution in [2.24, 2.45) is 0 Å². The molecule has 1 aliphatic rings. The molecular formula is C15H23NO2. The Morgan fingerprint density at radius 2 is 1.17 bits per heavy atom. The summed E-state index contributed by atoms with van der Waals surface area (Å²) in [7, 11) is 0. The first-order chi connectivity index (χ1) is 8.63. The van der Waals surface area contributed by atoms with E-state index in [2.05, 4.69) is 0 Å². The molecule has 1 heterocycles. The Bertz CT molecular complexity index is 376. The summed E-state index contributed by atoms with van der Waals surface area (Å²) in [5, 5.41) is 0. The summed E-state index contributed by atoms with van der Waals surface area (Å²) < 4.78 is 0. The first kappa shape index (κ1) is 16.4. The minimum Gasteiger partial charge on any atom is -0.272 e. The Labute approximate surface area is 110 Å². The lowest BCUT2D eigenvalue weighted by molar-refractivity contribution is 0.0609. The minimum absolute atomic E-state index is 0.0811. The van der Waals surface area contributed by atoms with E-state index in [-0.39, 0.29) is 17.9 Å². The van der Waals surface area contributed by atoms with E-state index in [4.69, 9.17) is 0 Å². The molecule has 100 valence electrons. The highest BCUT2D eigenvalue weighted by molar-refractivity contribution is 6.21. The number of hydrogen-bond acceptors (Lipinski definition) is 2. The van der Waals surface area contributed by atoms with Gasteiger partial charge in [0.15, 0.2) is 0 Å². The Morgan fingerprint density at radius 3 is 1.44 bits per heavy atom. The molecule has 18 heavy (non-hydrogen) atoms. The van der Waals surface area contributed by atoms with Crippen LogP contribution in [0.5, 0.6) is 0 Å². The van der Waals surface area contributed by atoms with Gasteiger partial charge in [0.25, 0.3) is 11.8 Å². The summed E-state index contributed by atoms with van der Waals surface area (Å²) >= 11 is 0. The highest BCUT2D eigenvalue weighted by Gasteiger charge is 2.36. The van der Waals surface area contributed by atoms with E-state index in [0.717, 1.165) is 0 Å². The molecule has 0 unspecified atom stereocenters. The van der Waals surface area contributed by atoms with Gasteiger partial charge in [0.2, 0.25) is 0 Å². The zero-order chi connectivity index (χ0) is 14.3. The predicted octanol–water partition coefficient (Wildman–Crippen LogP) is 3.74. The van der Waals surface area contributed by atoms with Gasteiger partial charge in [-0.25, -0.2) is 0 Å². The fraction of sp³-hybridized carbons (Fsp3) is 0.467. The molecule has 1 aromatic carbocycles. The molecule has 3 heteroatoms. The van der Waals surface area contributed by atoms with Crippen LogP contribution in [0.3, 0.4) is 0 Å². The highest BCUT2D eigenvalue weighted by Crippen LogP contribution is 2.23. The lowest BCUT2D eigenvalue weighted by Gasteiger charge is -2.17. The van der Waals surface area contributed by atoms with E-state index in [0.29, 0.717) is 11.1 Å². The molecular weight excluding hydrogens is 226 g/mol. The fourth-order valence-electron chi connectivity index (χ4n) is 1.68. The second-order valence-corrected chi connectivity index (χ2v) is 3.62. The monoisotopic (exact) mass is 249 g/mol. The molecule has 0 aromatic heterocycles. The lowest BCUT2D eigenvalue weighted by Crippen LogP contribution is -2.35. The summed E-state index contributed by atoms with van der Waals surface area (Å²) in [4.78, 5) is 24.8. The molecule has 3 nitrogen and oxygen atoms in total. The number of rotatable bonds is 1. The van der Waals surface area contributed by atoms with Gasteiger partial charge in [-0.2, -0.15) is 0 Å². The summed E-state index contributed by atoms with van der Waals surface area (Å²) in [6.45, 7) is 11.7. The van der Waals surface area contributed by atoms with Crippen LogP contribution in [0.25, 0.3) is 0 Å². The first-order valence-electron chi connectivity index (χ1n) is 6.60. The number of imide groups is 1. The van der Waals surface area contributed by atoms with Crippen LogP contribution in [0.15, 0.2) is 24.3 Å². The SMILES string of the molecule is CC.CC.CC(C)N1C(=O)c2ccccc2C1=O. The maximum absolute atomic E-state index is 11.8. The molecule has 2 amide bonds. The van der Waals surface area contributed by atoms with Crippen molar-refractivity contribution in [1.29, 1.82) is 0 Å². The zero-order valence-electron chi connectivity index (χ0n) is 12.2. The Kier molecular flexibility index (Phi) is 6.94. The fourth-order valence-corrected chi connectivity index (χ4v) is 1.68. The topological polar surface area (TPSA) is 37.4 Å². The second-order valence-electron chi connectivity index (χ2n) is 3.62. The quantitative estimate of drug-likeness (QED) is 0.711. The van der Waals surface area contributed by atoms with Crippen LogP contribution in [0, 0.1) is 0 Å². The van der Waals surface area contributed by atoms with Crippen LogP contribution in [0.2, 0.25) is 0 Å². The first-order valence-corrected chi connectivity index (χ1v) is 6.60. The third-order valence-electron chi connectivity index (χ3n) is 2.34. The molecule has 0 spiro atoms. The molecule has 0 radical (unpaired) electrons. The Morgan fingerprint density at radius 1 is 0.833 bits per heavy atom. The second kappa shape index (κ2) is 7.64. The Balaban J connectivity index is 0.000000659. The minimum atomic E-state index is -0.180. The van der Waals surface area contributed by atoms with E-state index in [1.807, 2.05) is 41.5 Å². The van der Waals surface area contributed by atoms with Crippen molar-refractivity contribution in [3.8, 4) is 0 Å². The van der Waals surface area contributed by atoms with Gasteiger partial charge in [0.1, 0.15) is 0 Å². The summed E-state index contributed by atoms with van der Waals surface area (Å²) in [6, 6.07) is 6.85. The predicted molar refractivity (Wildman–Crippen MR) is 74.8 cm³/mol. The number of hydrogen-bond donors (Lipinski definition) is 0. The number of nitrogens with zero attached hydrogens (tertiary/aromatic N) is 1. The van der Waals surface area contributed by atoms with Crippen LogP contribution in [-0.2, 0) is 0 Å². The van der Waals surface area contributed by atoms with Crippen LogP contribution in [0.4, 0.5) is 0 Å². The Hall–Kier alpha value is -1.64. The van der Waals surface area contributed by atoms with Crippen molar-refractivity contribution in [2.45, 2.75) is 47.6 Å². The van der Waals surface area contributed by atoms with E-state index >= 15 is 0 Å². The average molecular weight is 249 g/mol. The molecule has 1 aliphatic heterocycles. The van der Waals surface area contributed by atoms with Gasteiger partial charge in [-0.05, 0) is 26.0 Å². The number of benzene rings is 1. The van der Waals surface area contributed by atoms with Gasteiger partial charge in [0, 0.05) is 6.04 Å². The van der Waals surface area contributed by atoms with Crippen molar-refractivity contribution in [3.63, 3.8) is 0 Å². The van der Waals surface area contributed by atoms with Crippen molar-refractivity contribution >= 4 is 11.8 Å². The summed E-state index contributed by atoms with van der Waals surface area (Å²) in [6.07, 6.45) is 0. The normalized spacial score (nSPS) is 12.5. The smallest absolute Gasteiger partial charge is 0.261 e. The van der Waals surface area contributed by atoms with Crippen molar-refractivity contribution in [3.05, 3.63) is 35.4 Å². The number of carbonyl (C=O) groups is 2. The molecule has 0 atom stereocenters. The van der Waals surface area contributed by atoms with Gasteiger partial charge < -0.3 is 0 Å². The van der Waals surface area contributed by atoms with Crippen LogP contribution >= 0.6 is 0 Å². The van der Waals surface area contributed by atoms with Gasteiger partial charge >= 0.3 is 0 Å². The lowest BCUT2D eigenvalue weighted by atomic mass is 10.1. The molecule has 0 saturated carbocycles. The molecule has 0 saturated heterocycles. The van der Waals surface area contributed by atoms with Crippen molar-refractivity contribution in [1.82, 2.24) is 4.90 Å². The maximum Gasteiger partial charge on any atom is 0.261 e. The molecule has 0 fully saturated rings. The average Bonchev–Trinajstić information content (AvgIpc) is 2.67. The van der Waals surface area contributed by atoms with E-state index in [1.165, 1.54) is 4.90 Å². The standard InChI is InChI=1S/C11H11NO2.2C2H6/c1-7(2)12-10(13)8-5-3-4-6-9(8)11(12)14;2*1-2/h3-7H,1-2H3;2*1-2H3. The van der Waals surface area contributed by atoms with Crippen molar-refractivity contribution in [2.75, 3.05) is 0 Å². The molecule has 0 aliphatic carbocycles. The molecule has 0 bridgehead atoms. The van der Waals surface area contributed by atoms with Crippen LogP contribution in [0.1, 0.15) is 62.3 Å². The molecule has 1 aromatic rings. The van der Waals surface area contributed by atoms with Gasteiger partial charge in [-0.15, -0.1) is 0 Å². The van der Waals surface area contributed by atoms with Crippen LogP contribution in [-0.4, -0.2) is 22.8 Å². The highest BCUT2D eigenvalue weighted by atomic mass is 16.2. The molecule has 2 rings (SSSR count). The van der Waals surface area contributed by atoms with E-state index in [9.17, 15) is 9.59 Å². The largest absolute Gasteiger partial charge is 0.272 e. The zero-order valence-corrected chi connectivity index (χ0v) is 12.2. The van der Waals surface area contributed by atoms with Gasteiger partial charge in [-0.1, -0.05) is 39.8 Å². The third-order valence-corrected chi connectivity index (χ3v) is 2.34. The number of fused-ring (bicyclic) bond motifs is 1. The molecule has 0 N–H and O–H groups in total. The van der Waals surface area contributed by atoms with Gasteiger partial charge in [-0.3, -0.25) is 14.5 Å². The van der Waals surface area contributed by atoms with E-state index in [1.54, 1.807) is 24.3 Å². The van der Waals surface area contributed by atoms with Crippen molar-refractivity contribution < 1.29 is 9.59 Å². The number of amides is 2. The maximum atomic E-state index is 11.8. The van der Waals surface area contributed by atoms with E-state index < -0.39 is 0 Å². The van der Waals surface area contributed by atoms with Crippen LogP contribution < -0.4 is 0 Å². The summed E-state index contributed by atoms with van der Waals surface area (Å²) in [5.74, 6) is -0.360. The third kappa shape index (κ3) is 2.97. The number of carbonyl (C=O) groups excluding carboxylic acids is 2. The summed E-state index contributed by atoms with van der Waals surface area (Å²) in [5.41, 5.74) is 1.04. The van der Waals surface area contributed by atoms with Gasteiger partial charge in [0.05, 0.1) is 11.1 Å².